The van der Waals surface area contributed by atoms with E-state index in [2.05, 4.69) is 22.3 Å². The molecule has 1 aromatic carbocycles. The molecule has 6 heteroatoms. The molecule has 1 aliphatic carbocycles. The van der Waals surface area contributed by atoms with Gasteiger partial charge in [-0.05, 0) is 62.6 Å². The van der Waals surface area contributed by atoms with Gasteiger partial charge in [-0.2, -0.15) is 14.6 Å². The Balaban J connectivity index is 1.77. The summed E-state index contributed by atoms with van der Waals surface area (Å²) in [5, 5.41) is 7.97. The molecule has 4 rings (SSSR count). The fraction of sp³-hybridized carbons (Fsp3) is 0.450. The number of rotatable bonds is 6. The van der Waals surface area contributed by atoms with Gasteiger partial charge in [-0.1, -0.05) is 13.0 Å². The van der Waals surface area contributed by atoms with Crippen molar-refractivity contribution in [3.63, 3.8) is 0 Å². The lowest BCUT2D eigenvalue weighted by molar-refractivity contribution is 0.416. The van der Waals surface area contributed by atoms with Crippen molar-refractivity contribution < 1.29 is 4.74 Å². The molecule has 0 radical (unpaired) electrons. The van der Waals surface area contributed by atoms with Crippen molar-refractivity contribution in [2.45, 2.75) is 46.0 Å². The molecule has 1 aliphatic rings. The van der Waals surface area contributed by atoms with Crippen LogP contribution in [-0.4, -0.2) is 26.7 Å². The number of fused-ring (bicyclic) bond motifs is 1. The predicted molar refractivity (Wildman–Crippen MR) is 102 cm³/mol. The van der Waals surface area contributed by atoms with Crippen LogP contribution < -0.4 is 10.1 Å². The van der Waals surface area contributed by atoms with Gasteiger partial charge in [-0.25, -0.2) is 4.98 Å². The van der Waals surface area contributed by atoms with Crippen LogP contribution in [-0.2, 0) is 0 Å². The molecule has 3 aromatic rings. The maximum absolute atomic E-state index is 5.51. The monoisotopic (exact) mass is 351 g/mol. The summed E-state index contributed by atoms with van der Waals surface area (Å²) in [6.45, 7) is 6.21. The third-order valence-corrected chi connectivity index (χ3v) is 5.14. The Morgan fingerprint density at radius 3 is 2.77 bits per heavy atom. The molecule has 1 fully saturated rings. The van der Waals surface area contributed by atoms with E-state index in [1.54, 1.807) is 7.11 Å². The molecule has 0 aliphatic heterocycles. The summed E-state index contributed by atoms with van der Waals surface area (Å²) >= 11 is 0. The van der Waals surface area contributed by atoms with Gasteiger partial charge < -0.3 is 10.1 Å². The summed E-state index contributed by atoms with van der Waals surface area (Å²) in [7, 11) is 1.67. The van der Waals surface area contributed by atoms with Gasteiger partial charge in [-0.3, -0.25) is 0 Å². The van der Waals surface area contributed by atoms with E-state index in [1.807, 2.05) is 42.8 Å². The van der Waals surface area contributed by atoms with E-state index in [4.69, 9.17) is 9.72 Å². The summed E-state index contributed by atoms with van der Waals surface area (Å²) in [4.78, 5) is 9.27. The minimum atomic E-state index is 0.531. The van der Waals surface area contributed by atoms with E-state index in [0.717, 1.165) is 40.8 Å². The molecule has 0 amide bonds. The zero-order valence-corrected chi connectivity index (χ0v) is 15.8. The van der Waals surface area contributed by atoms with Gasteiger partial charge in [0.1, 0.15) is 11.6 Å². The number of nitrogens with zero attached hydrogens (tertiary/aromatic N) is 4. The van der Waals surface area contributed by atoms with Crippen molar-refractivity contribution in [1.82, 2.24) is 19.6 Å². The van der Waals surface area contributed by atoms with Gasteiger partial charge in [0, 0.05) is 5.56 Å². The lowest BCUT2D eigenvalue weighted by atomic mass is 9.94. The third-order valence-electron chi connectivity index (χ3n) is 5.14. The topological polar surface area (TPSA) is 64.3 Å². The van der Waals surface area contributed by atoms with E-state index in [-0.39, 0.29) is 0 Å². The van der Waals surface area contributed by atoms with Crippen molar-refractivity contribution >= 4 is 17.3 Å². The van der Waals surface area contributed by atoms with Crippen molar-refractivity contribution in [2.24, 2.45) is 5.92 Å². The lowest BCUT2D eigenvalue weighted by Crippen LogP contribution is -2.08. The number of aryl methyl sites for hydroxylation is 2. The van der Waals surface area contributed by atoms with Crippen molar-refractivity contribution in [3.8, 4) is 5.75 Å². The molecule has 0 saturated heterocycles. The van der Waals surface area contributed by atoms with Crippen LogP contribution in [0.4, 0.5) is 11.6 Å². The molecule has 26 heavy (non-hydrogen) atoms. The van der Waals surface area contributed by atoms with Crippen LogP contribution in [0.15, 0.2) is 24.4 Å². The molecular weight excluding hydrogens is 326 g/mol. The van der Waals surface area contributed by atoms with Crippen molar-refractivity contribution in [1.29, 1.82) is 0 Å². The number of ether oxygens (including phenoxy) is 1. The molecule has 6 nitrogen and oxygen atoms in total. The first kappa shape index (κ1) is 16.8. The summed E-state index contributed by atoms with van der Waals surface area (Å²) in [6.07, 6.45) is 5.70. The first-order valence-electron chi connectivity index (χ1n) is 9.24. The highest BCUT2D eigenvalue weighted by Gasteiger charge is 2.33. The van der Waals surface area contributed by atoms with Crippen LogP contribution in [0.1, 0.15) is 49.1 Å². The maximum Gasteiger partial charge on any atom is 0.232 e. The quantitative estimate of drug-likeness (QED) is 0.713. The molecule has 0 spiro atoms. The molecular formula is C20H25N5O. The minimum Gasteiger partial charge on any atom is -0.495 e. The number of nitrogens with one attached hydrogen (secondary N) is 1. The minimum absolute atomic E-state index is 0.531. The second kappa shape index (κ2) is 6.59. The average molecular weight is 351 g/mol. The zero-order chi connectivity index (χ0) is 18.3. The SMILES string of the molecule is CCC(c1cnn2c(Nc3ccc(C)cc3OC)nc(C)nc12)C1CC1. The lowest BCUT2D eigenvalue weighted by Gasteiger charge is -2.14. The number of hydrogen-bond donors (Lipinski definition) is 1. The standard InChI is InChI=1S/C20H25N5O/c1-5-15(14-7-8-14)16-11-21-25-19(16)22-13(3)23-20(25)24-17-9-6-12(2)10-18(17)26-4/h6,9-11,14-15H,5,7-8H2,1-4H3,(H,22,23,24). The normalized spacial score (nSPS) is 15.2. The highest BCUT2D eigenvalue weighted by molar-refractivity contribution is 5.65. The summed E-state index contributed by atoms with van der Waals surface area (Å²) in [6, 6.07) is 6.05. The van der Waals surface area contributed by atoms with Crippen LogP contribution in [0.2, 0.25) is 0 Å². The zero-order valence-electron chi connectivity index (χ0n) is 15.8. The second-order valence-electron chi connectivity index (χ2n) is 7.11. The van der Waals surface area contributed by atoms with Gasteiger partial charge in [0.2, 0.25) is 5.95 Å². The first-order valence-corrected chi connectivity index (χ1v) is 9.24. The maximum atomic E-state index is 5.51. The molecule has 1 unspecified atom stereocenters. The third kappa shape index (κ3) is 3.00. The molecule has 1 atom stereocenters. The number of anilines is 2. The number of benzene rings is 1. The number of methoxy groups -OCH3 is 1. The van der Waals surface area contributed by atoms with Gasteiger partial charge in [-0.15, -0.1) is 0 Å². The Morgan fingerprint density at radius 1 is 1.27 bits per heavy atom. The molecule has 136 valence electrons. The second-order valence-corrected chi connectivity index (χ2v) is 7.11. The van der Waals surface area contributed by atoms with E-state index in [0.29, 0.717) is 11.9 Å². The summed E-state index contributed by atoms with van der Waals surface area (Å²) in [5.74, 6) is 3.48. The van der Waals surface area contributed by atoms with Crippen molar-refractivity contribution in [3.05, 3.63) is 41.3 Å². The van der Waals surface area contributed by atoms with Gasteiger partial charge in [0.15, 0.2) is 5.65 Å². The number of hydrogen-bond acceptors (Lipinski definition) is 5. The fourth-order valence-electron chi connectivity index (χ4n) is 3.67. The highest BCUT2D eigenvalue weighted by Crippen LogP contribution is 2.45. The molecule has 2 heterocycles. The Bertz CT molecular complexity index is 945. The average Bonchev–Trinajstić information content (AvgIpc) is 3.38. The predicted octanol–water partition coefficient (Wildman–Crippen LogP) is 4.40. The smallest absolute Gasteiger partial charge is 0.232 e. The van der Waals surface area contributed by atoms with Gasteiger partial charge in [0.25, 0.3) is 0 Å². The van der Waals surface area contributed by atoms with Crippen molar-refractivity contribution in [2.75, 3.05) is 12.4 Å². The van der Waals surface area contributed by atoms with Crippen LogP contribution in [0.3, 0.4) is 0 Å². The van der Waals surface area contributed by atoms with E-state index < -0.39 is 0 Å². The Morgan fingerprint density at radius 2 is 2.08 bits per heavy atom. The Hall–Kier alpha value is -2.63. The number of aromatic nitrogens is 4. The molecule has 0 bridgehead atoms. The molecule has 2 aromatic heterocycles. The Labute approximate surface area is 153 Å². The van der Waals surface area contributed by atoms with E-state index >= 15 is 0 Å². The summed E-state index contributed by atoms with van der Waals surface area (Å²) < 4.78 is 7.32. The van der Waals surface area contributed by atoms with Gasteiger partial charge in [0.05, 0.1) is 19.0 Å². The van der Waals surface area contributed by atoms with Crippen LogP contribution in [0.5, 0.6) is 5.75 Å². The van der Waals surface area contributed by atoms with E-state index in [9.17, 15) is 0 Å². The van der Waals surface area contributed by atoms with E-state index in [1.165, 1.54) is 18.4 Å². The first-order chi connectivity index (χ1) is 12.6. The highest BCUT2D eigenvalue weighted by atomic mass is 16.5. The molecule has 1 saturated carbocycles. The van der Waals surface area contributed by atoms with Crippen LogP contribution in [0.25, 0.3) is 5.65 Å². The summed E-state index contributed by atoms with van der Waals surface area (Å²) in [5.41, 5.74) is 4.15. The fourth-order valence-corrected chi connectivity index (χ4v) is 3.67. The molecule has 1 N–H and O–H groups in total. The van der Waals surface area contributed by atoms with Crippen LogP contribution >= 0.6 is 0 Å². The Kier molecular flexibility index (Phi) is 4.26. The van der Waals surface area contributed by atoms with Gasteiger partial charge >= 0.3 is 0 Å². The van der Waals surface area contributed by atoms with Crippen LogP contribution in [0, 0.1) is 19.8 Å². The largest absolute Gasteiger partial charge is 0.495 e.